The lowest BCUT2D eigenvalue weighted by atomic mass is 10.2. The first-order chi connectivity index (χ1) is 12.2. The highest BCUT2D eigenvalue weighted by Gasteiger charge is 2.18. The maximum Gasteiger partial charge on any atom is 0.162 e. The first-order valence-electron chi connectivity index (χ1n) is 7.23. The van der Waals surface area contributed by atoms with E-state index in [1.807, 2.05) is 18.2 Å². The molecule has 0 radical (unpaired) electrons. The van der Waals surface area contributed by atoms with Gasteiger partial charge in [-0.2, -0.15) is 5.10 Å². The molecule has 25 heavy (non-hydrogen) atoms. The number of ether oxygens (including phenoxy) is 2. The molecule has 0 saturated carbocycles. The average molecular weight is 487 g/mol. The molecule has 3 heterocycles. The summed E-state index contributed by atoms with van der Waals surface area (Å²) in [6.07, 6.45) is 1.80. The summed E-state index contributed by atoms with van der Waals surface area (Å²) in [7, 11) is 4.82. The molecule has 4 aromatic rings. The second-order valence-corrected chi connectivity index (χ2v) is 7.30. The van der Waals surface area contributed by atoms with Crippen LogP contribution in [0, 0.1) is 0 Å². The Morgan fingerprint density at radius 1 is 1.08 bits per heavy atom. The van der Waals surface area contributed by atoms with Gasteiger partial charge >= 0.3 is 0 Å². The third-order valence-electron chi connectivity index (χ3n) is 3.92. The lowest BCUT2D eigenvalue weighted by Gasteiger charge is -2.09. The zero-order valence-corrected chi connectivity index (χ0v) is 17.0. The quantitative estimate of drug-likeness (QED) is 0.385. The number of halogens is 2. The van der Waals surface area contributed by atoms with E-state index < -0.39 is 0 Å². The molecule has 0 fully saturated rings. The van der Waals surface area contributed by atoms with E-state index in [4.69, 9.17) is 21.1 Å². The Labute approximate surface area is 164 Å². The van der Waals surface area contributed by atoms with Gasteiger partial charge in [-0.1, -0.05) is 11.6 Å². The molecule has 9 heteroatoms. The van der Waals surface area contributed by atoms with Crippen LogP contribution >= 0.6 is 41.9 Å². The van der Waals surface area contributed by atoms with Crippen LogP contribution in [0.5, 0.6) is 11.5 Å². The minimum Gasteiger partial charge on any atom is -0.493 e. The van der Waals surface area contributed by atoms with Crippen molar-refractivity contribution >= 4 is 58.5 Å². The molecule has 0 amide bonds. The number of aromatic nitrogens is 4. The topological polar surface area (TPSA) is 53.6 Å². The van der Waals surface area contributed by atoms with Crippen molar-refractivity contribution in [2.75, 3.05) is 14.2 Å². The monoisotopic (exact) mass is 486 g/mol. The van der Waals surface area contributed by atoms with E-state index in [0.29, 0.717) is 16.7 Å². The van der Waals surface area contributed by atoms with Crippen LogP contribution in [0.3, 0.4) is 0 Å². The van der Waals surface area contributed by atoms with Gasteiger partial charge in [0.05, 0.1) is 31.6 Å². The molecule has 0 atom stereocenters. The van der Waals surface area contributed by atoms with Gasteiger partial charge in [-0.25, -0.2) is 9.50 Å². The van der Waals surface area contributed by atoms with Crippen LogP contribution in [0.15, 0.2) is 36.5 Å². The molecule has 128 valence electrons. The third-order valence-corrected chi connectivity index (χ3v) is 5.84. The van der Waals surface area contributed by atoms with Crippen molar-refractivity contribution in [2.45, 2.75) is 0 Å². The van der Waals surface area contributed by atoms with Gasteiger partial charge in [0.15, 0.2) is 17.1 Å². The van der Waals surface area contributed by atoms with E-state index in [0.717, 1.165) is 27.9 Å². The van der Waals surface area contributed by atoms with E-state index in [-0.39, 0.29) is 0 Å². The fourth-order valence-electron chi connectivity index (χ4n) is 2.79. The summed E-state index contributed by atoms with van der Waals surface area (Å²) < 4.78 is 14.7. The van der Waals surface area contributed by atoms with Gasteiger partial charge in [-0.15, -0.1) is 0 Å². The highest BCUT2D eigenvalue weighted by Crippen LogP contribution is 2.39. The molecular weight excluding hydrogens is 475 g/mol. The molecule has 1 aromatic carbocycles. The van der Waals surface area contributed by atoms with Crippen LogP contribution in [-0.2, 0) is 0 Å². The Kier molecular flexibility index (Phi) is 4.42. The second kappa shape index (κ2) is 6.58. The molecule has 0 saturated heterocycles. The van der Waals surface area contributed by atoms with Gasteiger partial charge in [0.25, 0.3) is 0 Å². The number of benzene rings is 1. The number of rotatable bonds is 4. The van der Waals surface area contributed by atoms with Gasteiger partial charge in [0.1, 0.15) is 10.8 Å². The van der Waals surface area contributed by atoms with Gasteiger partial charge in [0.2, 0.25) is 0 Å². The van der Waals surface area contributed by atoms with Crippen LogP contribution < -0.4 is 9.47 Å². The van der Waals surface area contributed by atoms with E-state index in [2.05, 4.69) is 41.3 Å². The standard InChI is InChI=1S/C16H12ClIN4O2S/c1-23-13-6-9-5-11(22(25-18)10(9)7-14(13)24-2)12-8-19-16-4-3-15(17)20-21(12)16/h3-8H,1-2H3. The molecule has 0 aliphatic carbocycles. The highest BCUT2D eigenvalue weighted by molar-refractivity contribution is 14.2. The van der Waals surface area contributed by atoms with E-state index in [1.165, 1.54) is 0 Å². The molecule has 4 rings (SSSR count). The molecular formula is C16H12ClIN4O2S. The van der Waals surface area contributed by atoms with Gasteiger partial charge < -0.3 is 9.47 Å². The molecule has 0 bridgehead atoms. The Hall–Kier alpha value is -1.65. The first-order valence-corrected chi connectivity index (χ1v) is 10.9. The Bertz CT molecular complexity index is 1090. The third kappa shape index (κ3) is 2.72. The van der Waals surface area contributed by atoms with E-state index in [1.54, 1.807) is 40.1 Å². The summed E-state index contributed by atoms with van der Waals surface area (Å²) in [6.45, 7) is 0. The van der Waals surface area contributed by atoms with Crippen molar-refractivity contribution in [3.05, 3.63) is 41.7 Å². The summed E-state index contributed by atoms with van der Waals surface area (Å²) >= 11 is 8.31. The maximum absolute atomic E-state index is 6.06. The number of hydrogen-bond donors (Lipinski definition) is 0. The minimum absolute atomic E-state index is 0.417. The zero-order valence-electron chi connectivity index (χ0n) is 13.2. The predicted octanol–water partition coefficient (Wildman–Crippen LogP) is 4.87. The summed E-state index contributed by atoms with van der Waals surface area (Å²) in [6, 6.07) is 9.58. The van der Waals surface area contributed by atoms with Crippen molar-refractivity contribution < 1.29 is 9.47 Å². The fourth-order valence-corrected chi connectivity index (χ4v) is 4.65. The largest absolute Gasteiger partial charge is 0.493 e. The molecule has 3 aromatic heterocycles. The van der Waals surface area contributed by atoms with Crippen molar-refractivity contribution in [1.82, 2.24) is 18.6 Å². The number of hydrogen-bond acceptors (Lipinski definition) is 5. The second-order valence-electron chi connectivity index (χ2n) is 5.23. The van der Waals surface area contributed by atoms with Crippen molar-refractivity contribution in [3.8, 4) is 22.9 Å². The molecule has 0 aliphatic rings. The normalized spacial score (nSPS) is 11.4. The van der Waals surface area contributed by atoms with Crippen LogP contribution in [-0.4, -0.2) is 32.8 Å². The van der Waals surface area contributed by atoms with E-state index >= 15 is 0 Å². The summed E-state index contributed by atoms with van der Waals surface area (Å²) in [5, 5.41) is 5.82. The zero-order chi connectivity index (χ0) is 17.6. The van der Waals surface area contributed by atoms with Crippen LogP contribution in [0.25, 0.3) is 27.9 Å². The fraction of sp³-hybridized carbons (Fsp3) is 0.125. The number of methoxy groups -OCH3 is 2. The average Bonchev–Trinajstić information content (AvgIpc) is 3.19. The summed E-state index contributed by atoms with van der Waals surface area (Å²) in [4.78, 5) is 4.42. The van der Waals surface area contributed by atoms with E-state index in [9.17, 15) is 0 Å². The van der Waals surface area contributed by atoms with Gasteiger partial charge in [-0.05, 0) is 24.3 Å². The molecule has 0 unspecified atom stereocenters. The Balaban J connectivity index is 2.02. The Morgan fingerprint density at radius 3 is 2.56 bits per heavy atom. The summed E-state index contributed by atoms with van der Waals surface area (Å²) in [5.74, 6) is 1.38. The van der Waals surface area contributed by atoms with Gasteiger partial charge in [-0.3, -0.25) is 3.97 Å². The molecule has 0 aliphatic heterocycles. The maximum atomic E-state index is 6.06. The van der Waals surface area contributed by atoms with Crippen molar-refractivity contribution in [1.29, 1.82) is 0 Å². The lowest BCUT2D eigenvalue weighted by Crippen LogP contribution is -1.96. The lowest BCUT2D eigenvalue weighted by molar-refractivity contribution is 0.356. The number of fused-ring (bicyclic) bond motifs is 2. The Morgan fingerprint density at radius 2 is 1.84 bits per heavy atom. The number of nitrogens with zero attached hydrogens (tertiary/aromatic N) is 4. The molecule has 0 spiro atoms. The SMILES string of the molecule is COc1cc2cc(-c3cnc4ccc(Cl)nn34)n(SI)c2cc1OC. The van der Waals surface area contributed by atoms with Gasteiger partial charge in [0, 0.05) is 41.8 Å². The minimum atomic E-state index is 0.417. The van der Waals surface area contributed by atoms with Crippen molar-refractivity contribution in [2.24, 2.45) is 0 Å². The first kappa shape index (κ1) is 16.8. The summed E-state index contributed by atoms with van der Waals surface area (Å²) in [5.41, 5.74) is 3.58. The van der Waals surface area contributed by atoms with Crippen LogP contribution in [0.1, 0.15) is 0 Å². The van der Waals surface area contributed by atoms with Crippen LogP contribution in [0.2, 0.25) is 5.15 Å². The van der Waals surface area contributed by atoms with Crippen LogP contribution in [0.4, 0.5) is 0 Å². The number of imidazole rings is 1. The molecule has 0 N–H and O–H groups in total. The smallest absolute Gasteiger partial charge is 0.162 e. The predicted molar refractivity (Wildman–Crippen MR) is 109 cm³/mol. The van der Waals surface area contributed by atoms with Crippen molar-refractivity contribution in [3.63, 3.8) is 0 Å². The highest BCUT2D eigenvalue weighted by atomic mass is 127. The molecule has 6 nitrogen and oxygen atoms in total.